The Hall–Kier alpha value is -2.13. The van der Waals surface area contributed by atoms with E-state index < -0.39 is 24.2 Å². The van der Waals surface area contributed by atoms with Crippen molar-refractivity contribution in [3.8, 4) is 0 Å². The van der Waals surface area contributed by atoms with Crippen molar-refractivity contribution in [3.05, 3.63) is 11.3 Å². The molecule has 0 aromatic rings. The molecule has 0 spiro atoms. The fraction of sp³-hybridized carbons (Fsp3) is 0.500. The Kier molecular flexibility index (Phi) is 2.47. The molecule has 0 aliphatic carbocycles. The summed E-state index contributed by atoms with van der Waals surface area (Å²) in [6, 6.07) is -0.835. The highest BCUT2D eigenvalue weighted by Gasteiger charge is 2.62. The van der Waals surface area contributed by atoms with Crippen LogP contribution in [-0.2, 0) is 19.1 Å². The number of hydrogen-bond donors (Lipinski definition) is 3. The minimum Gasteiger partial charge on any atom is -0.477 e. The van der Waals surface area contributed by atoms with E-state index in [0.29, 0.717) is 0 Å². The predicted octanol–water partition coefficient (Wildman–Crippen LogP) is -2.04. The molecule has 3 rings (SSSR count). The van der Waals surface area contributed by atoms with Crippen LogP contribution in [0.25, 0.3) is 0 Å². The van der Waals surface area contributed by atoms with Crippen LogP contribution >= 0.6 is 0 Å². The summed E-state index contributed by atoms with van der Waals surface area (Å²) in [6.07, 6.45) is -1.59. The van der Waals surface area contributed by atoms with Crippen LogP contribution in [0.1, 0.15) is 0 Å². The summed E-state index contributed by atoms with van der Waals surface area (Å²) >= 11 is 0. The van der Waals surface area contributed by atoms with E-state index in [1.165, 1.54) is 4.90 Å². The predicted molar refractivity (Wildman–Crippen MR) is 57.5 cm³/mol. The minimum atomic E-state index is -1.26. The molecule has 0 bridgehead atoms. The van der Waals surface area contributed by atoms with E-state index in [9.17, 15) is 19.5 Å². The molecule has 3 atom stereocenters. The van der Waals surface area contributed by atoms with Crippen LogP contribution < -0.4 is 11.1 Å². The molecule has 102 valence electrons. The summed E-state index contributed by atoms with van der Waals surface area (Å²) in [6.45, 7) is -0.160. The third-order valence-electron chi connectivity index (χ3n) is 3.48. The van der Waals surface area contributed by atoms with Crippen molar-refractivity contribution in [2.24, 2.45) is 5.73 Å². The SMILES string of the molecule is NC(=O)OCC1=C(C(=O)O)N2C(=O)[C@H]3NCOC1[C@H]32. The number of ether oxygens (including phenoxy) is 2. The van der Waals surface area contributed by atoms with Gasteiger partial charge >= 0.3 is 12.1 Å². The number of carbonyl (C=O) groups is 3. The van der Waals surface area contributed by atoms with Crippen molar-refractivity contribution < 1.29 is 29.0 Å². The highest BCUT2D eigenvalue weighted by molar-refractivity contribution is 6.02. The lowest BCUT2D eigenvalue weighted by atomic mass is 9.91. The van der Waals surface area contributed by atoms with Gasteiger partial charge < -0.3 is 20.3 Å². The molecule has 3 aliphatic rings. The molecule has 0 saturated carbocycles. The minimum absolute atomic E-state index is 0.137. The van der Waals surface area contributed by atoms with Crippen molar-refractivity contribution in [2.75, 3.05) is 13.3 Å². The lowest BCUT2D eigenvalue weighted by Crippen LogP contribution is -2.73. The van der Waals surface area contributed by atoms with Crippen LogP contribution in [0.15, 0.2) is 11.3 Å². The Bertz CT molecular complexity index is 515. The molecule has 9 heteroatoms. The molecular weight excluding hydrogens is 258 g/mol. The first-order valence-corrected chi connectivity index (χ1v) is 5.59. The van der Waals surface area contributed by atoms with Gasteiger partial charge in [0, 0.05) is 5.57 Å². The maximum atomic E-state index is 11.8. The second kappa shape index (κ2) is 3.93. The first-order chi connectivity index (χ1) is 9.02. The monoisotopic (exact) mass is 269 g/mol. The molecule has 3 heterocycles. The van der Waals surface area contributed by atoms with Gasteiger partial charge in [0.2, 0.25) is 5.91 Å². The van der Waals surface area contributed by atoms with E-state index in [2.05, 4.69) is 10.1 Å². The van der Waals surface area contributed by atoms with Crippen LogP contribution in [0.4, 0.5) is 4.79 Å². The third kappa shape index (κ3) is 1.52. The third-order valence-corrected chi connectivity index (χ3v) is 3.48. The highest BCUT2D eigenvalue weighted by atomic mass is 16.5. The zero-order valence-electron chi connectivity index (χ0n) is 9.66. The lowest BCUT2D eigenvalue weighted by Gasteiger charge is -2.48. The largest absolute Gasteiger partial charge is 0.477 e. The van der Waals surface area contributed by atoms with E-state index in [0.717, 1.165) is 0 Å². The van der Waals surface area contributed by atoms with E-state index in [1.54, 1.807) is 0 Å². The molecule has 1 unspecified atom stereocenters. The topological polar surface area (TPSA) is 131 Å². The second-order valence-electron chi connectivity index (χ2n) is 4.40. The Morgan fingerprint density at radius 3 is 2.95 bits per heavy atom. The zero-order chi connectivity index (χ0) is 13.7. The van der Waals surface area contributed by atoms with E-state index >= 15 is 0 Å². The van der Waals surface area contributed by atoms with Crippen LogP contribution in [-0.4, -0.2) is 59.5 Å². The Labute approximate surface area is 106 Å². The average Bonchev–Trinajstić information content (AvgIpc) is 2.69. The molecule has 0 aromatic heterocycles. The number of β-lactam (4-membered cyclic amide) rings is 1. The first kappa shape index (κ1) is 11.9. The smallest absolute Gasteiger partial charge is 0.404 e. The summed E-state index contributed by atoms with van der Waals surface area (Å²) in [5.41, 5.74) is 4.95. The van der Waals surface area contributed by atoms with Gasteiger partial charge in [-0.25, -0.2) is 9.59 Å². The van der Waals surface area contributed by atoms with E-state index in [4.69, 9.17) is 10.5 Å². The van der Waals surface area contributed by atoms with Crippen LogP contribution in [0.5, 0.6) is 0 Å². The summed E-state index contributed by atoms with van der Waals surface area (Å²) in [5, 5.41) is 12.1. The Morgan fingerprint density at radius 1 is 1.58 bits per heavy atom. The lowest BCUT2D eigenvalue weighted by molar-refractivity contribution is -0.163. The maximum Gasteiger partial charge on any atom is 0.404 e. The second-order valence-corrected chi connectivity index (χ2v) is 4.40. The van der Waals surface area contributed by atoms with Gasteiger partial charge in [-0.15, -0.1) is 0 Å². The highest BCUT2D eigenvalue weighted by Crippen LogP contribution is 2.42. The van der Waals surface area contributed by atoms with Crippen molar-refractivity contribution in [3.63, 3.8) is 0 Å². The molecule has 4 N–H and O–H groups in total. The molecular formula is C10H11N3O6. The first-order valence-electron chi connectivity index (χ1n) is 5.59. The number of nitrogens with zero attached hydrogens (tertiary/aromatic N) is 1. The molecule has 2 saturated heterocycles. The fourth-order valence-corrected chi connectivity index (χ4v) is 2.75. The number of primary amides is 1. The zero-order valence-corrected chi connectivity index (χ0v) is 9.66. The van der Waals surface area contributed by atoms with Gasteiger partial charge in [0.1, 0.15) is 24.4 Å². The number of rotatable bonds is 3. The van der Waals surface area contributed by atoms with Gasteiger partial charge in [-0.2, -0.15) is 0 Å². The standard InChI is InChI=1S/C10H11N3O6/c11-10(17)18-1-3-5(9(15)16)13-6-4(8(13)14)12-2-19-7(3)6/h4,6-7,12H,1-2H2,(H2,11,17)(H,15,16)/t4-,6-,7?/m0/s1. The summed E-state index contributed by atoms with van der Waals surface area (Å²) in [7, 11) is 0. The molecule has 2 amide bonds. The number of nitrogens with one attached hydrogen (secondary N) is 1. The number of carbonyl (C=O) groups excluding carboxylic acids is 2. The number of nitrogens with two attached hydrogens (primary N) is 1. The van der Waals surface area contributed by atoms with Crippen molar-refractivity contribution in [2.45, 2.75) is 18.2 Å². The van der Waals surface area contributed by atoms with Gasteiger partial charge in [0.05, 0.1) is 12.8 Å². The number of amides is 2. The van der Waals surface area contributed by atoms with Gasteiger partial charge in [-0.1, -0.05) is 0 Å². The number of carboxylic acids is 1. The van der Waals surface area contributed by atoms with E-state index in [-0.39, 0.29) is 36.6 Å². The van der Waals surface area contributed by atoms with Crippen molar-refractivity contribution >= 4 is 18.0 Å². The number of carboxylic acid groups (broad SMARTS) is 1. The van der Waals surface area contributed by atoms with E-state index in [1.807, 2.05) is 0 Å². The van der Waals surface area contributed by atoms with Crippen LogP contribution in [0.3, 0.4) is 0 Å². The molecule has 3 aliphatic heterocycles. The summed E-state index contributed by atoms with van der Waals surface area (Å²) in [4.78, 5) is 34.9. The molecule has 0 radical (unpaired) electrons. The van der Waals surface area contributed by atoms with Gasteiger partial charge in [0.25, 0.3) is 0 Å². The fourth-order valence-electron chi connectivity index (χ4n) is 2.75. The summed E-state index contributed by atoms with van der Waals surface area (Å²) < 4.78 is 10.1. The molecule has 9 nitrogen and oxygen atoms in total. The van der Waals surface area contributed by atoms with Crippen molar-refractivity contribution in [1.29, 1.82) is 0 Å². The van der Waals surface area contributed by atoms with Crippen LogP contribution in [0.2, 0.25) is 0 Å². The Balaban J connectivity index is 1.95. The molecule has 2 fully saturated rings. The molecule has 19 heavy (non-hydrogen) atoms. The summed E-state index contributed by atoms with van der Waals surface area (Å²) in [5.74, 6) is -1.57. The van der Waals surface area contributed by atoms with Crippen molar-refractivity contribution in [1.82, 2.24) is 10.2 Å². The molecule has 0 aromatic carbocycles. The number of hydrogen-bond acceptors (Lipinski definition) is 6. The normalized spacial score (nSPS) is 31.9. The maximum absolute atomic E-state index is 11.8. The van der Waals surface area contributed by atoms with Gasteiger partial charge in [-0.05, 0) is 0 Å². The van der Waals surface area contributed by atoms with Gasteiger partial charge in [-0.3, -0.25) is 15.0 Å². The average molecular weight is 269 g/mol. The Morgan fingerprint density at radius 2 is 2.32 bits per heavy atom. The number of aliphatic carboxylic acids is 1. The quantitative estimate of drug-likeness (QED) is 0.503. The van der Waals surface area contributed by atoms with Crippen LogP contribution in [0, 0.1) is 0 Å². The van der Waals surface area contributed by atoms with Gasteiger partial charge in [0.15, 0.2) is 0 Å².